The van der Waals surface area contributed by atoms with Gasteiger partial charge >= 0.3 is 0 Å². The highest BCUT2D eigenvalue weighted by molar-refractivity contribution is 6.04. The van der Waals surface area contributed by atoms with E-state index in [-0.39, 0.29) is 18.4 Å². The van der Waals surface area contributed by atoms with Crippen LogP contribution in [0.2, 0.25) is 0 Å². The number of aromatic nitrogens is 2. The van der Waals surface area contributed by atoms with E-state index in [1.807, 2.05) is 77.6 Å². The van der Waals surface area contributed by atoms with Crippen LogP contribution in [0, 0.1) is 0 Å². The number of nitrogens with zero attached hydrogens (tertiary/aromatic N) is 2. The highest BCUT2D eigenvalue weighted by atomic mass is 16.5. The van der Waals surface area contributed by atoms with Crippen LogP contribution in [-0.4, -0.2) is 33.3 Å². The molecule has 0 saturated heterocycles. The van der Waals surface area contributed by atoms with Crippen LogP contribution in [-0.2, 0) is 11.4 Å². The van der Waals surface area contributed by atoms with E-state index >= 15 is 0 Å². The van der Waals surface area contributed by atoms with Crippen molar-refractivity contribution >= 4 is 23.2 Å². The van der Waals surface area contributed by atoms with Crippen LogP contribution in [0.25, 0.3) is 16.5 Å². The van der Waals surface area contributed by atoms with Crippen molar-refractivity contribution in [1.29, 1.82) is 0 Å². The summed E-state index contributed by atoms with van der Waals surface area (Å²) in [4.78, 5) is 21.3. The number of hydrogen-bond donors (Lipinski definition) is 2. The second kappa shape index (κ2) is 10.5. The van der Waals surface area contributed by atoms with Crippen LogP contribution >= 0.6 is 0 Å². The molecule has 3 aromatic carbocycles. The van der Waals surface area contributed by atoms with Gasteiger partial charge in [0.15, 0.2) is 0 Å². The summed E-state index contributed by atoms with van der Waals surface area (Å²) >= 11 is 0. The number of ether oxygens (including phenoxy) is 1. The highest BCUT2D eigenvalue weighted by Gasteiger charge is 2.23. The Morgan fingerprint density at radius 1 is 1.09 bits per heavy atom. The predicted octanol–water partition coefficient (Wildman–Crippen LogP) is 4.59. The first kappa shape index (κ1) is 22.1. The second-order valence-corrected chi connectivity index (χ2v) is 7.78. The first-order chi connectivity index (χ1) is 16.2. The Hall–Kier alpha value is -4.13. The summed E-state index contributed by atoms with van der Waals surface area (Å²) in [5.74, 6) is 0.579. The monoisotopic (exact) mass is 443 g/mol. The van der Waals surface area contributed by atoms with Crippen molar-refractivity contribution < 1.29 is 19.4 Å². The minimum Gasteiger partial charge on any atom is -0.487 e. The SMILES string of the molecule is O=C(NC1CCC1)c1ccc2ccccc2c1OCc1ccc(-n2cccn2)cc1.O=CO. The van der Waals surface area contributed by atoms with Gasteiger partial charge in [-0.15, -0.1) is 0 Å². The molecule has 0 radical (unpaired) electrons. The molecule has 0 spiro atoms. The van der Waals surface area contributed by atoms with Gasteiger partial charge in [0, 0.05) is 23.8 Å². The smallest absolute Gasteiger partial charge is 0.290 e. The summed E-state index contributed by atoms with van der Waals surface area (Å²) in [5.41, 5.74) is 2.62. The summed E-state index contributed by atoms with van der Waals surface area (Å²) in [6.45, 7) is 0.136. The molecule has 0 bridgehead atoms. The van der Waals surface area contributed by atoms with Crippen LogP contribution < -0.4 is 10.1 Å². The number of amides is 1. The molecule has 0 aliphatic heterocycles. The van der Waals surface area contributed by atoms with E-state index in [0.717, 1.165) is 34.9 Å². The molecular formula is C26H25N3O4. The largest absolute Gasteiger partial charge is 0.487 e. The van der Waals surface area contributed by atoms with Gasteiger partial charge in [-0.1, -0.05) is 42.5 Å². The fourth-order valence-electron chi connectivity index (χ4n) is 3.72. The number of benzene rings is 3. The fourth-order valence-corrected chi connectivity index (χ4v) is 3.72. The van der Waals surface area contributed by atoms with Crippen LogP contribution in [0.15, 0.2) is 79.1 Å². The Bertz CT molecular complexity index is 1220. The Morgan fingerprint density at radius 2 is 1.85 bits per heavy atom. The van der Waals surface area contributed by atoms with E-state index in [4.69, 9.17) is 14.6 Å². The lowest BCUT2D eigenvalue weighted by Gasteiger charge is -2.27. The van der Waals surface area contributed by atoms with Gasteiger partial charge in [-0.3, -0.25) is 9.59 Å². The number of carbonyl (C=O) groups excluding carboxylic acids is 1. The molecule has 1 aliphatic rings. The zero-order valence-corrected chi connectivity index (χ0v) is 18.1. The second-order valence-electron chi connectivity index (χ2n) is 7.78. The Morgan fingerprint density at radius 3 is 2.52 bits per heavy atom. The van der Waals surface area contributed by atoms with Crippen molar-refractivity contribution in [2.45, 2.75) is 31.9 Å². The predicted molar refractivity (Wildman–Crippen MR) is 126 cm³/mol. The average Bonchev–Trinajstić information content (AvgIpc) is 3.35. The molecule has 1 aliphatic carbocycles. The molecule has 1 saturated carbocycles. The number of carboxylic acid groups (broad SMARTS) is 1. The topological polar surface area (TPSA) is 93.5 Å². The normalized spacial score (nSPS) is 12.8. The van der Waals surface area contributed by atoms with Gasteiger partial charge in [-0.25, -0.2) is 4.68 Å². The van der Waals surface area contributed by atoms with Crippen molar-refractivity contribution in [3.05, 3.63) is 90.3 Å². The molecule has 2 N–H and O–H groups in total. The van der Waals surface area contributed by atoms with Crippen LogP contribution in [0.1, 0.15) is 35.2 Å². The van der Waals surface area contributed by atoms with Crippen LogP contribution in [0.4, 0.5) is 0 Å². The Kier molecular flexibility index (Phi) is 6.99. The minimum absolute atomic E-state index is 0.0607. The lowest BCUT2D eigenvalue weighted by molar-refractivity contribution is -0.122. The van der Waals surface area contributed by atoms with E-state index < -0.39 is 0 Å². The standard InChI is InChI=1S/C25H23N3O2.CH2O2/c29-25(27-20-6-3-7-20)23-14-11-19-5-1-2-8-22(19)24(23)30-17-18-9-12-21(13-10-18)28-16-4-15-26-28;2-1-3/h1-2,4-5,8-16,20H,3,6-7,17H2,(H,27,29);1H,(H,2,3). The van der Waals surface area contributed by atoms with Crippen molar-refractivity contribution in [2.75, 3.05) is 0 Å². The van der Waals surface area contributed by atoms with E-state index in [1.165, 1.54) is 6.42 Å². The van der Waals surface area contributed by atoms with Crippen molar-refractivity contribution in [1.82, 2.24) is 15.1 Å². The first-order valence-corrected chi connectivity index (χ1v) is 10.8. The summed E-state index contributed by atoms with van der Waals surface area (Å²) in [6, 6.07) is 22.1. The maximum Gasteiger partial charge on any atom is 0.290 e. The molecule has 7 heteroatoms. The van der Waals surface area contributed by atoms with Crippen molar-refractivity contribution in [2.24, 2.45) is 0 Å². The van der Waals surface area contributed by atoms with E-state index in [2.05, 4.69) is 10.4 Å². The number of rotatable bonds is 6. The van der Waals surface area contributed by atoms with E-state index in [0.29, 0.717) is 17.9 Å². The van der Waals surface area contributed by atoms with Crippen LogP contribution in [0.5, 0.6) is 5.75 Å². The molecule has 1 aromatic heterocycles. The maximum atomic E-state index is 12.9. The Labute approximate surface area is 191 Å². The molecule has 1 heterocycles. The summed E-state index contributed by atoms with van der Waals surface area (Å²) < 4.78 is 8.06. The number of nitrogens with one attached hydrogen (secondary N) is 1. The quantitative estimate of drug-likeness (QED) is 0.425. The molecule has 5 rings (SSSR count). The summed E-state index contributed by atoms with van der Waals surface area (Å²) in [7, 11) is 0. The molecule has 33 heavy (non-hydrogen) atoms. The Balaban J connectivity index is 0.000000821. The molecule has 1 fully saturated rings. The van der Waals surface area contributed by atoms with Gasteiger partial charge in [0.05, 0.1) is 11.3 Å². The van der Waals surface area contributed by atoms with Crippen molar-refractivity contribution in [3.8, 4) is 11.4 Å². The lowest BCUT2D eigenvalue weighted by Crippen LogP contribution is -2.39. The number of hydrogen-bond acceptors (Lipinski definition) is 4. The van der Waals surface area contributed by atoms with E-state index in [1.54, 1.807) is 6.20 Å². The number of fused-ring (bicyclic) bond motifs is 1. The highest BCUT2D eigenvalue weighted by Crippen LogP contribution is 2.31. The zero-order chi connectivity index (χ0) is 23.0. The summed E-state index contributed by atoms with van der Waals surface area (Å²) in [6.07, 6.45) is 6.96. The van der Waals surface area contributed by atoms with Gasteiger partial charge in [0.1, 0.15) is 12.4 Å². The first-order valence-electron chi connectivity index (χ1n) is 10.8. The van der Waals surface area contributed by atoms with Gasteiger partial charge in [0.25, 0.3) is 12.4 Å². The third-order valence-electron chi connectivity index (χ3n) is 5.65. The third kappa shape index (κ3) is 5.20. The van der Waals surface area contributed by atoms with Crippen LogP contribution in [0.3, 0.4) is 0 Å². The minimum atomic E-state index is -0.250. The van der Waals surface area contributed by atoms with Gasteiger partial charge in [0.2, 0.25) is 0 Å². The van der Waals surface area contributed by atoms with Gasteiger partial charge in [-0.05, 0) is 54.5 Å². The average molecular weight is 444 g/mol. The molecular weight excluding hydrogens is 418 g/mol. The molecule has 0 unspecified atom stereocenters. The molecule has 168 valence electrons. The molecule has 1 amide bonds. The maximum absolute atomic E-state index is 12.9. The van der Waals surface area contributed by atoms with Crippen molar-refractivity contribution in [3.63, 3.8) is 0 Å². The number of carbonyl (C=O) groups is 2. The zero-order valence-electron chi connectivity index (χ0n) is 18.1. The molecule has 0 atom stereocenters. The van der Waals surface area contributed by atoms with Gasteiger partial charge in [-0.2, -0.15) is 5.10 Å². The molecule has 7 nitrogen and oxygen atoms in total. The summed E-state index contributed by atoms with van der Waals surface area (Å²) in [5, 5.41) is 16.3. The molecule has 4 aromatic rings. The third-order valence-corrected chi connectivity index (χ3v) is 5.65. The van der Waals surface area contributed by atoms with Gasteiger partial charge < -0.3 is 15.2 Å². The lowest BCUT2D eigenvalue weighted by atomic mass is 9.92. The van der Waals surface area contributed by atoms with E-state index in [9.17, 15) is 4.79 Å². The fraction of sp³-hybridized carbons (Fsp3) is 0.192.